The molecule has 0 saturated carbocycles. The van der Waals surface area contributed by atoms with Crippen molar-refractivity contribution in [1.82, 2.24) is 0 Å². The Kier molecular flexibility index (Phi) is 7.73. The summed E-state index contributed by atoms with van der Waals surface area (Å²) in [6.45, 7) is 18.4. The Hall–Kier alpha value is -0.113. The van der Waals surface area contributed by atoms with Crippen molar-refractivity contribution in [2.45, 2.75) is 98.8 Å². The summed E-state index contributed by atoms with van der Waals surface area (Å²) >= 11 is 0. The molecule has 0 radical (unpaired) electrons. The van der Waals surface area contributed by atoms with Crippen LogP contribution in [0, 0.1) is 10.8 Å². The standard InChI is InChI=1S/C18H38OSi/c1-17(2,3)12-9-10-14-20(7,8)15-16(19)11-13-18(4,5)6/h9-15H2,1-8H3. The van der Waals surface area contributed by atoms with Crippen LogP contribution >= 0.6 is 0 Å². The van der Waals surface area contributed by atoms with Gasteiger partial charge < -0.3 is 4.79 Å². The van der Waals surface area contributed by atoms with Crippen LogP contribution in [0.25, 0.3) is 0 Å². The second-order valence-electron chi connectivity index (χ2n) is 9.71. The average Bonchev–Trinajstić information content (AvgIpc) is 2.19. The van der Waals surface area contributed by atoms with Crippen LogP contribution in [0.4, 0.5) is 0 Å². The third-order valence-electron chi connectivity index (χ3n) is 3.86. The lowest BCUT2D eigenvalue weighted by atomic mass is 9.90. The summed E-state index contributed by atoms with van der Waals surface area (Å²) in [6, 6.07) is 2.20. The largest absolute Gasteiger partial charge is 0.300 e. The van der Waals surface area contributed by atoms with Gasteiger partial charge in [-0.05, 0) is 23.7 Å². The molecule has 0 bridgehead atoms. The van der Waals surface area contributed by atoms with Gasteiger partial charge in [-0.15, -0.1) is 0 Å². The molecule has 0 heterocycles. The van der Waals surface area contributed by atoms with Crippen LogP contribution in [-0.4, -0.2) is 13.9 Å². The van der Waals surface area contributed by atoms with Crippen LogP contribution < -0.4 is 0 Å². The lowest BCUT2D eigenvalue weighted by molar-refractivity contribution is -0.117. The maximum absolute atomic E-state index is 12.1. The quantitative estimate of drug-likeness (QED) is 0.379. The fourth-order valence-corrected chi connectivity index (χ4v) is 5.11. The van der Waals surface area contributed by atoms with Gasteiger partial charge in [0.25, 0.3) is 0 Å². The molecule has 1 nitrogen and oxygen atoms in total. The molecule has 0 aromatic rings. The zero-order chi connectivity index (χ0) is 16.0. The Labute approximate surface area is 128 Å². The molecule has 0 atom stereocenters. The van der Waals surface area contributed by atoms with E-state index in [1.807, 2.05) is 0 Å². The van der Waals surface area contributed by atoms with Gasteiger partial charge in [0.15, 0.2) is 0 Å². The topological polar surface area (TPSA) is 17.1 Å². The van der Waals surface area contributed by atoms with Crippen LogP contribution in [0.15, 0.2) is 0 Å². The van der Waals surface area contributed by atoms with Crippen molar-refractivity contribution in [2.75, 3.05) is 0 Å². The first kappa shape index (κ1) is 19.9. The van der Waals surface area contributed by atoms with Gasteiger partial charge in [-0.1, -0.05) is 73.5 Å². The third-order valence-corrected chi connectivity index (χ3v) is 6.92. The first-order chi connectivity index (χ1) is 8.81. The summed E-state index contributed by atoms with van der Waals surface area (Å²) in [5.74, 6) is 0.507. The number of carbonyl (C=O) groups is 1. The fraction of sp³-hybridized carbons (Fsp3) is 0.944. The van der Waals surface area contributed by atoms with Crippen molar-refractivity contribution in [1.29, 1.82) is 0 Å². The lowest BCUT2D eigenvalue weighted by Gasteiger charge is -2.24. The zero-order valence-electron chi connectivity index (χ0n) is 15.4. The summed E-state index contributed by atoms with van der Waals surface area (Å²) in [7, 11) is -1.31. The minimum atomic E-state index is -1.31. The van der Waals surface area contributed by atoms with Crippen LogP contribution in [0.3, 0.4) is 0 Å². The van der Waals surface area contributed by atoms with Gasteiger partial charge in [0.05, 0.1) is 8.07 Å². The average molecular weight is 299 g/mol. The molecule has 0 rings (SSSR count). The second-order valence-corrected chi connectivity index (χ2v) is 14.9. The minimum Gasteiger partial charge on any atom is -0.300 e. The van der Waals surface area contributed by atoms with Crippen LogP contribution in [0.5, 0.6) is 0 Å². The molecule has 0 fully saturated rings. The van der Waals surface area contributed by atoms with Crippen molar-refractivity contribution in [3.63, 3.8) is 0 Å². The van der Waals surface area contributed by atoms with Gasteiger partial charge in [-0.2, -0.15) is 0 Å². The minimum absolute atomic E-state index is 0.286. The van der Waals surface area contributed by atoms with Gasteiger partial charge in [0, 0.05) is 12.5 Å². The number of unbranched alkanes of at least 4 members (excludes halogenated alkanes) is 1. The summed E-state index contributed by atoms with van der Waals surface area (Å²) in [5.41, 5.74) is 0.738. The molecule has 2 heteroatoms. The van der Waals surface area contributed by atoms with E-state index < -0.39 is 8.07 Å². The molecule has 120 valence electrons. The molecule has 0 N–H and O–H groups in total. The maximum Gasteiger partial charge on any atom is 0.130 e. The van der Waals surface area contributed by atoms with Crippen molar-refractivity contribution in [3.05, 3.63) is 0 Å². The highest BCUT2D eigenvalue weighted by Crippen LogP contribution is 2.27. The van der Waals surface area contributed by atoms with Crippen molar-refractivity contribution >= 4 is 13.9 Å². The number of carbonyl (C=O) groups excluding carboxylic acids is 1. The normalized spacial score (nSPS) is 13.6. The van der Waals surface area contributed by atoms with E-state index in [4.69, 9.17) is 0 Å². The summed E-state index contributed by atoms with van der Waals surface area (Å²) < 4.78 is 0. The SMILES string of the molecule is CC(C)(C)CCCC[Si](C)(C)CC(=O)CCC(C)(C)C. The lowest BCUT2D eigenvalue weighted by Crippen LogP contribution is -2.29. The number of rotatable bonds is 8. The zero-order valence-corrected chi connectivity index (χ0v) is 16.4. The molecule has 0 amide bonds. The second kappa shape index (κ2) is 7.77. The van der Waals surface area contributed by atoms with Crippen molar-refractivity contribution < 1.29 is 4.79 Å². The Morgan fingerprint density at radius 1 is 0.850 bits per heavy atom. The smallest absolute Gasteiger partial charge is 0.130 e. The number of ketones is 1. The Morgan fingerprint density at radius 2 is 1.35 bits per heavy atom. The summed E-state index contributed by atoms with van der Waals surface area (Å²) in [5, 5.41) is 0. The number of Topliss-reactive ketones (excluding diaryl/α,β-unsaturated/α-hetero) is 1. The Bertz CT molecular complexity index is 292. The molecule has 0 unspecified atom stereocenters. The van der Waals surface area contributed by atoms with Crippen LogP contribution in [-0.2, 0) is 4.79 Å². The van der Waals surface area contributed by atoms with E-state index in [9.17, 15) is 4.79 Å². The highest BCUT2D eigenvalue weighted by Gasteiger charge is 2.24. The highest BCUT2D eigenvalue weighted by molar-refractivity contribution is 6.80. The molecular formula is C18H38OSi. The fourth-order valence-electron chi connectivity index (χ4n) is 2.48. The van der Waals surface area contributed by atoms with Gasteiger partial charge >= 0.3 is 0 Å². The van der Waals surface area contributed by atoms with Crippen LogP contribution in [0.2, 0.25) is 25.2 Å². The van der Waals surface area contributed by atoms with E-state index in [2.05, 4.69) is 54.6 Å². The van der Waals surface area contributed by atoms with Crippen molar-refractivity contribution in [3.8, 4) is 0 Å². The number of hydrogen-bond acceptors (Lipinski definition) is 1. The molecule has 0 spiro atoms. The molecule has 0 aromatic carbocycles. The van der Waals surface area contributed by atoms with Crippen molar-refractivity contribution in [2.24, 2.45) is 10.8 Å². The van der Waals surface area contributed by atoms with Gasteiger partial charge in [-0.25, -0.2) is 0 Å². The molecule has 0 aliphatic heterocycles. The molecule has 0 aliphatic rings. The third kappa shape index (κ3) is 12.9. The van der Waals surface area contributed by atoms with E-state index in [0.717, 1.165) is 18.9 Å². The molecular weight excluding hydrogens is 260 g/mol. The first-order valence-corrected chi connectivity index (χ1v) is 11.7. The molecule has 0 aromatic heterocycles. The molecule has 0 saturated heterocycles. The summed E-state index contributed by atoms with van der Waals surface area (Å²) in [4.78, 5) is 12.1. The molecule has 0 aliphatic carbocycles. The summed E-state index contributed by atoms with van der Waals surface area (Å²) in [6.07, 6.45) is 5.73. The van der Waals surface area contributed by atoms with Crippen LogP contribution in [0.1, 0.15) is 73.6 Å². The van der Waals surface area contributed by atoms with E-state index in [1.165, 1.54) is 25.3 Å². The maximum atomic E-state index is 12.1. The van der Waals surface area contributed by atoms with E-state index >= 15 is 0 Å². The van der Waals surface area contributed by atoms with Gasteiger partial charge in [0.2, 0.25) is 0 Å². The van der Waals surface area contributed by atoms with Gasteiger partial charge in [0.1, 0.15) is 5.78 Å². The monoisotopic (exact) mass is 298 g/mol. The van der Waals surface area contributed by atoms with E-state index in [0.29, 0.717) is 11.2 Å². The Balaban J connectivity index is 3.97. The molecule has 20 heavy (non-hydrogen) atoms. The van der Waals surface area contributed by atoms with E-state index in [1.54, 1.807) is 0 Å². The number of hydrogen-bond donors (Lipinski definition) is 0. The van der Waals surface area contributed by atoms with Gasteiger partial charge in [-0.3, -0.25) is 0 Å². The Morgan fingerprint density at radius 3 is 1.80 bits per heavy atom. The highest BCUT2D eigenvalue weighted by atomic mass is 28.3. The van der Waals surface area contributed by atoms with E-state index in [-0.39, 0.29) is 5.41 Å². The predicted octanol–water partition coefficient (Wildman–Crippen LogP) is 6.31. The first-order valence-electron chi connectivity index (χ1n) is 8.33. The predicted molar refractivity (Wildman–Crippen MR) is 94.1 cm³/mol.